The van der Waals surface area contributed by atoms with Crippen LogP contribution in [0.5, 0.6) is 0 Å². The number of aryl methyl sites for hydroxylation is 2. The Morgan fingerprint density at radius 1 is 1.42 bits per heavy atom. The SMILES string of the molecule is Cn1ccnc1CCC(C(=O)O)c1ccc(Br)cc1. The van der Waals surface area contributed by atoms with Crippen LogP contribution in [0.4, 0.5) is 0 Å². The van der Waals surface area contributed by atoms with E-state index in [0.29, 0.717) is 12.8 Å². The maximum atomic E-state index is 11.4. The zero-order valence-corrected chi connectivity index (χ0v) is 12.2. The summed E-state index contributed by atoms with van der Waals surface area (Å²) >= 11 is 3.35. The highest BCUT2D eigenvalue weighted by Gasteiger charge is 2.20. The molecular formula is C14H15BrN2O2. The molecule has 0 fully saturated rings. The summed E-state index contributed by atoms with van der Waals surface area (Å²) in [6.45, 7) is 0. The first-order valence-corrected chi connectivity index (χ1v) is 6.81. The van der Waals surface area contributed by atoms with Gasteiger partial charge in [0.2, 0.25) is 0 Å². The summed E-state index contributed by atoms with van der Waals surface area (Å²) in [5.41, 5.74) is 0.824. The molecule has 5 heteroatoms. The highest BCUT2D eigenvalue weighted by atomic mass is 79.9. The molecule has 19 heavy (non-hydrogen) atoms. The molecule has 0 saturated heterocycles. The van der Waals surface area contributed by atoms with E-state index in [-0.39, 0.29) is 0 Å². The van der Waals surface area contributed by atoms with Crippen LogP contribution in [0.1, 0.15) is 23.7 Å². The topological polar surface area (TPSA) is 55.1 Å². The molecule has 2 aromatic rings. The number of aromatic nitrogens is 2. The Morgan fingerprint density at radius 2 is 2.11 bits per heavy atom. The fourth-order valence-corrected chi connectivity index (χ4v) is 2.30. The number of aliphatic carboxylic acids is 1. The van der Waals surface area contributed by atoms with Crippen molar-refractivity contribution in [2.24, 2.45) is 7.05 Å². The Morgan fingerprint density at radius 3 is 2.63 bits per heavy atom. The van der Waals surface area contributed by atoms with Crippen LogP contribution < -0.4 is 0 Å². The molecule has 0 aliphatic carbocycles. The van der Waals surface area contributed by atoms with Gasteiger partial charge in [-0.3, -0.25) is 4.79 Å². The van der Waals surface area contributed by atoms with Gasteiger partial charge >= 0.3 is 5.97 Å². The second-order valence-electron chi connectivity index (χ2n) is 4.44. The number of benzene rings is 1. The van der Waals surface area contributed by atoms with Gasteiger partial charge in [-0.15, -0.1) is 0 Å². The predicted octanol–water partition coefficient (Wildman–Crippen LogP) is 2.98. The molecule has 0 aliphatic heterocycles. The van der Waals surface area contributed by atoms with Crippen molar-refractivity contribution in [2.75, 3.05) is 0 Å². The molecule has 1 aromatic carbocycles. The van der Waals surface area contributed by atoms with Crippen LogP contribution in [0, 0.1) is 0 Å². The van der Waals surface area contributed by atoms with Gasteiger partial charge in [-0.1, -0.05) is 28.1 Å². The molecule has 1 atom stereocenters. The van der Waals surface area contributed by atoms with Gasteiger partial charge < -0.3 is 9.67 Å². The summed E-state index contributed by atoms with van der Waals surface area (Å²) in [5, 5.41) is 9.35. The average Bonchev–Trinajstić information content (AvgIpc) is 2.77. The number of imidazole rings is 1. The maximum Gasteiger partial charge on any atom is 0.310 e. The van der Waals surface area contributed by atoms with E-state index in [4.69, 9.17) is 0 Å². The quantitative estimate of drug-likeness (QED) is 0.920. The fourth-order valence-electron chi connectivity index (χ4n) is 2.04. The lowest BCUT2D eigenvalue weighted by Crippen LogP contribution is -2.13. The van der Waals surface area contributed by atoms with Crippen molar-refractivity contribution in [3.8, 4) is 0 Å². The van der Waals surface area contributed by atoms with E-state index < -0.39 is 11.9 Å². The van der Waals surface area contributed by atoms with E-state index in [1.54, 1.807) is 6.20 Å². The largest absolute Gasteiger partial charge is 0.481 e. The Bertz CT molecular complexity index is 563. The van der Waals surface area contributed by atoms with Crippen LogP contribution in [0.25, 0.3) is 0 Å². The average molecular weight is 323 g/mol. The summed E-state index contributed by atoms with van der Waals surface area (Å²) in [5.74, 6) is -0.385. The summed E-state index contributed by atoms with van der Waals surface area (Å²) < 4.78 is 2.87. The van der Waals surface area contributed by atoms with Crippen molar-refractivity contribution in [3.63, 3.8) is 0 Å². The molecule has 0 radical (unpaired) electrons. The Kier molecular flexibility index (Phi) is 4.37. The maximum absolute atomic E-state index is 11.4. The first-order valence-electron chi connectivity index (χ1n) is 6.02. The summed E-state index contributed by atoms with van der Waals surface area (Å²) in [4.78, 5) is 15.6. The molecule has 1 N–H and O–H groups in total. The minimum atomic E-state index is -0.795. The third kappa shape index (κ3) is 3.44. The molecule has 0 aliphatic rings. The molecule has 0 spiro atoms. The fraction of sp³-hybridized carbons (Fsp3) is 0.286. The van der Waals surface area contributed by atoms with Crippen molar-refractivity contribution in [1.82, 2.24) is 9.55 Å². The van der Waals surface area contributed by atoms with Crippen molar-refractivity contribution in [2.45, 2.75) is 18.8 Å². The summed E-state index contributed by atoms with van der Waals surface area (Å²) in [7, 11) is 1.91. The normalized spacial score (nSPS) is 12.3. The number of rotatable bonds is 5. The smallest absolute Gasteiger partial charge is 0.310 e. The van der Waals surface area contributed by atoms with Gasteiger partial charge in [-0.05, 0) is 24.1 Å². The monoisotopic (exact) mass is 322 g/mol. The number of hydrogen-bond acceptors (Lipinski definition) is 2. The molecule has 0 saturated carbocycles. The Labute approximate surface area is 120 Å². The first-order chi connectivity index (χ1) is 9.08. The number of halogens is 1. The predicted molar refractivity (Wildman–Crippen MR) is 76.0 cm³/mol. The van der Waals surface area contributed by atoms with Crippen molar-refractivity contribution in [3.05, 3.63) is 52.5 Å². The minimum absolute atomic E-state index is 0.496. The van der Waals surface area contributed by atoms with Crippen LogP contribution in [0.2, 0.25) is 0 Å². The molecule has 1 unspecified atom stereocenters. The van der Waals surface area contributed by atoms with Crippen LogP contribution in [0.15, 0.2) is 41.1 Å². The molecule has 1 heterocycles. The van der Waals surface area contributed by atoms with Gasteiger partial charge in [0.25, 0.3) is 0 Å². The minimum Gasteiger partial charge on any atom is -0.481 e. The Balaban J connectivity index is 2.11. The molecule has 100 valence electrons. The number of carbonyl (C=O) groups is 1. The van der Waals surface area contributed by atoms with E-state index in [9.17, 15) is 9.90 Å². The van der Waals surface area contributed by atoms with Crippen molar-refractivity contribution >= 4 is 21.9 Å². The van der Waals surface area contributed by atoms with E-state index in [1.807, 2.05) is 42.1 Å². The molecule has 2 rings (SSSR count). The standard InChI is InChI=1S/C14H15BrN2O2/c1-17-9-8-16-13(17)7-6-12(14(18)19)10-2-4-11(15)5-3-10/h2-5,8-9,12H,6-7H2,1H3,(H,18,19). The van der Waals surface area contributed by atoms with Crippen LogP contribution in [-0.4, -0.2) is 20.6 Å². The third-order valence-corrected chi connectivity index (χ3v) is 3.68. The summed E-state index contributed by atoms with van der Waals surface area (Å²) in [6, 6.07) is 7.43. The van der Waals surface area contributed by atoms with Crippen molar-refractivity contribution in [1.29, 1.82) is 0 Å². The lowest BCUT2D eigenvalue weighted by atomic mass is 9.94. The van der Waals surface area contributed by atoms with E-state index in [0.717, 1.165) is 15.9 Å². The van der Waals surface area contributed by atoms with Crippen LogP contribution >= 0.6 is 15.9 Å². The second kappa shape index (κ2) is 6.02. The van der Waals surface area contributed by atoms with Gasteiger partial charge in [0, 0.05) is 30.3 Å². The van der Waals surface area contributed by atoms with Crippen LogP contribution in [0.3, 0.4) is 0 Å². The Hall–Kier alpha value is -1.62. The lowest BCUT2D eigenvalue weighted by Gasteiger charge is -2.12. The highest BCUT2D eigenvalue weighted by Crippen LogP contribution is 2.23. The van der Waals surface area contributed by atoms with E-state index in [2.05, 4.69) is 20.9 Å². The molecule has 4 nitrogen and oxygen atoms in total. The summed E-state index contributed by atoms with van der Waals surface area (Å²) in [6.07, 6.45) is 4.79. The van der Waals surface area contributed by atoms with Gasteiger partial charge in [0.05, 0.1) is 5.92 Å². The first kappa shape index (κ1) is 13.8. The molecular weight excluding hydrogens is 308 g/mol. The second-order valence-corrected chi connectivity index (χ2v) is 5.35. The van der Waals surface area contributed by atoms with Crippen LogP contribution in [-0.2, 0) is 18.3 Å². The molecule has 0 amide bonds. The van der Waals surface area contributed by atoms with Gasteiger partial charge in [0.15, 0.2) is 0 Å². The number of carboxylic acid groups (broad SMARTS) is 1. The zero-order valence-electron chi connectivity index (χ0n) is 10.6. The van der Waals surface area contributed by atoms with Crippen molar-refractivity contribution < 1.29 is 9.90 Å². The third-order valence-electron chi connectivity index (χ3n) is 3.15. The molecule has 0 bridgehead atoms. The van der Waals surface area contributed by atoms with Gasteiger partial charge in [0.1, 0.15) is 5.82 Å². The highest BCUT2D eigenvalue weighted by molar-refractivity contribution is 9.10. The van der Waals surface area contributed by atoms with E-state index in [1.165, 1.54) is 0 Å². The van der Waals surface area contributed by atoms with Gasteiger partial charge in [-0.25, -0.2) is 4.98 Å². The number of carboxylic acids is 1. The van der Waals surface area contributed by atoms with E-state index >= 15 is 0 Å². The molecule has 1 aromatic heterocycles. The zero-order chi connectivity index (χ0) is 13.8. The van der Waals surface area contributed by atoms with Gasteiger partial charge in [-0.2, -0.15) is 0 Å². The lowest BCUT2D eigenvalue weighted by molar-refractivity contribution is -0.138. The number of nitrogens with zero attached hydrogens (tertiary/aromatic N) is 2. The number of hydrogen-bond donors (Lipinski definition) is 1.